The van der Waals surface area contributed by atoms with E-state index in [0.717, 1.165) is 67.1 Å². The van der Waals surface area contributed by atoms with Crippen molar-refractivity contribution in [2.45, 2.75) is 70.8 Å². The van der Waals surface area contributed by atoms with Gasteiger partial charge in [0.25, 0.3) is 0 Å². The highest BCUT2D eigenvalue weighted by Gasteiger charge is 2.26. The first-order valence-electron chi connectivity index (χ1n) is 13.3. The van der Waals surface area contributed by atoms with Crippen molar-refractivity contribution in [2.24, 2.45) is 11.7 Å². The lowest BCUT2D eigenvalue weighted by atomic mass is 9.81. The fourth-order valence-electron chi connectivity index (χ4n) is 5.29. The Kier molecular flexibility index (Phi) is 7.81. The van der Waals surface area contributed by atoms with Crippen LogP contribution in [-0.4, -0.2) is 41.9 Å². The highest BCUT2D eigenvalue weighted by molar-refractivity contribution is 5.80. The number of H-pyrrole nitrogens is 1. The third-order valence-electron chi connectivity index (χ3n) is 7.40. The predicted molar refractivity (Wildman–Crippen MR) is 141 cm³/mol. The monoisotopic (exact) mass is 484 g/mol. The summed E-state index contributed by atoms with van der Waals surface area (Å²) in [6.07, 6.45) is 9.21. The number of nitrogens with zero attached hydrogens (tertiary/aromatic N) is 6. The minimum atomic E-state index is 0.473. The first-order chi connectivity index (χ1) is 17.7. The highest BCUT2D eigenvalue weighted by atomic mass is 15.5. The fraction of sp³-hybridized carbons (Fsp3) is 0.464. The molecule has 0 aliphatic heterocycles. The average Bonchev–Trinajstić information content (AvgIpc) is 3.60. The molecule has 2 heterocycles. The number of aromatic amines is 1. The van der Waals surface area contributed by atoms with E-state index in [0.29, 0.717) is 17.7 Å². The summed E-state index contributed by atoms with van der Waals surface area (Å²) in [6, 6.07) is 16.9. The van der Waals surface area contributed by atoms with E-state index in [-0.39, 0.29) is 0 Å². The van der Waals surface area contributed by atoms with Crippen molar-refractivity contribution in [1.82, 2.24) is 35.4 Å². The third-order valence-corrected chi connectivity index (χ3v) is 7.40. The maximum absolute atomic E-state index is 5.94. The van der Waals surface area contributed by atoms with Crippen molar-refractivity contribution in [2.75, 3.05) is 6.54 Å². The molecule has 2 aromatic carbocycles. The Morgan fingerprint density at radius 2 is 1.75 bits per heavy atom. The second-order valence-corrected chi connectivity index (χ2v) is 9.93. The number of tetrazole rings is 1. The molecular weight excluding hydrogens is 448 g/mol. The quantitative estimate of drug-likeness (QED) is 0.302. The molecular formula is C28H36N8. The largest absolute Gasteiger partial charge is 0.330 e. The molecule has 1 saturated carbocycles. The van der Waals surface area contributed by atoms with E-state index < -0.39 is 0 Å². The van der Waals surface area contributed by atoms with Crippen LogP contribution in [0.15, 0.2) is 48.5 Å². The minimum Gasteiger partial charge on any atom is -0.330 e. The van der Waals surface area contributed by atoms with Crippen molar-refractivity contribution >= 4 is 0 Å². The fourth-order valence-corrected chi connectivity index (χ4v) is 5.29. The summed E-state index contributed by atoms with van der Waals surface area (Å²) in [5.41, 5.74) is 10.3. The van der Waals surface area contributed by atoms with Gasteiger partial charge >= 0.3 is 0 Å². The van der Waals surface area contributed by atoms with E-state index in [1.54, 1.807) is 0 Å². The number of benzene rings is 2. The Morgan fingerprint density at radius 1 is 0.972 bits per heavy atom. The summed E-state index contributed by atoms with van der Waals surface area (Å²) < 4.78 is 2.16. The van der Waals surface area contributed by atoms with Gasteiger partial charge in [-0.05, 0) is 66.5 Å². The third kappa shape index (κ3) is 5.54. The molecule has 2 aromatic heterocycles. The van der Waals surface area contributed by atoms with Crippen LogP contribution in [0.1, 0.15) is 75.0 Å². The van der Waals surface area contributed by atoms with Gasteiger partial charge in [-0.15, -0.1) is 10.2 Å². The Bertz CT molecular complexity index is 1220. The number of aryl methyl sites for hydroxylation is 1. The molecule has 1 aliphatic rings. The van der Waals surface area contributed by atoms with Gasteiger partial charge in [-0.2, -0.15) is 10.3 Å². The zero-order valence-corrected chi connectivity index (χ0v) is 21.1. The molecule has 0 saturated heterocycles. The average molecular weight is 485 g/mol. The van der Waals surface area contributed by atoms with E-state index in [1.165, 1.54) is 31.2 Å². The summed E-state index contributed by atoms with van der Waals surface area (Å²) >= 11 is 0. The van der Waals surface area contributed by atoms with Crippen LogP contribution in [-0.2, 0) is 13.0 Å². The molecule has 5 rings (SSSR count). The standard InChI is InChI=1S/C28H36N8/c1-2-3-4-9-26-30-28(23-16-10-20(18-29)11-17-23)36(33-26)19-21-12-14-22(15-13-21)24-7-5-6-8-25(24)27-31-34-35-32-27/h5-8,12-15,20,23H,2-4,9-11,16-19,29H2,1H3,(H,31,32,34,35). The van der Waals surface area contributed by atoms with E-state index in [9.17, 15) is 0 Å². The lowest BCUT2D eigenvalue weighted by molar-refractivity contribution is 0.319. The topological polar surface area (TPSA) is 111 Å². The molecule has 0 unspecified atom stereocenters. The molecule has 0 spiro atoms. The van der Waals surface area contributed by atoms with Crippen LogP contribution < -0.4 is 5.73 Å². The molecule has 8 nitrogen and oxygen atoms in total. The Morgan fingerprint density at radius 3 is 2.44 bits per heavy atom. The molecule has 188 valence electrons. The van der Waals surface area contributed by atoms with Crippen LogP contribution in [0.4, 0.5) is 0 Å². The summed E-state index contributed by atoms with van der Waals surface area (Å²) in [5.74, 6) is 3.88. The first-order valence-corrected chi connectivity index (χ1v) is 13.3. The molecule has 4 aromatic rings. The van der Waals surface area contributed by atoms with Crippen molar-refractivity contribution in [3.05, 3.63) is 65.7 Å². The Hall–Kier alpha value is -3.39. The van der Waals surface area contributed by atoms with Crippen LogP contribution in [0, 0.1) is 5.92 Å². The van der Waals surface area contributed by atoms with Crippen molar-refractivity contribution < 1.29 is 0 Å². The van der Waals surface area contributed by atoms with Crippen LogP contribution >= 0.6 is 0 Å². The number of nitrogens with one attached hydrogen (secondary N) is 1. The maximum atomic E-state index is 5.94. The molecule has 36 heavy (non-hydrogen) atoms. The van der Waals surface area contributed by atoms with Crippen LogP contribution in [0.2, 0.25) is 0 Å². The zero-order valence-electron chi connectivity index (χ0n) is 21.1. The van der Waals surface area contributed by atoms with Crippen molar-refractivity contribution in [3.63, 3.8) is 0 Å². The number of unbranched alkanes of at least 4 members (excludes halogenated alkanes) is 2. The lowest BCUT2D eigenvalue weighted by Crippen LogP contribution is -2.22. The van der Waals surface area contributed by atoms with Gasteiger partial charge in [0.15, 0.2) is 5.82 Å². The number of aromatic nitrogens is 7. The van der Waals surface area contributed by atoms with Crippen molar-refractivity contribution in [3.8, 4) is 22.5 Å². The molecule has 0 atom stereocenters. The van der Waals surface area contributed by atoms with Gasteiger partial charge in [-0.3, -0.25) is 0 Å². The van der Waals surface area contributed by atoms with E-state index in [4.69, 9.17) is 15.8 Å². The Labute approximate surface area is 212 Å². The van der Waals surface area contributed by atoms with Crippen molar-refractivity contribution in [1.29, 1.82) is 0 Å². The second kappa shape index (κ2) is 11.6. The van der Waals surface area contributed by atoms with Gasteiger partial charge in [0.2, 0.25) is 5.82 Å². The number of rotatable bonds is 10. The number of hydrogen-bond acceptors (Lipinski definition) is 6. The SMILES string of the molecule is CCCCCc1nc(C2CCC(CN)CC2)n(Cc2ccc(-c3ccccc3-c3nn[nH]n3)cc2)n1. The van der Waals surface area contributed by atoms with Crippen LogP contribution in [0.25, 0.3) is 22.5 Å². The summed E-state index contributed by atoms with van der Waals surface area (Å²) in [7, 11) is 0. The summed E-state index contributed by atoms with van der Waals surface area (Å²) in [4.78, 5) is 5.06. The molecule has 8 heteroatoms. The van der Waals surface area contributed by atoms with E-state index in [2.05, 4.69) is 62.6 Å². The molecule has 0 bridgehead atoms. The van der Waals surface area contributed by atoms with Crippen LogP contribution in [0.3, 0.4) is 0 Å². The van der Waals surface area contributed by atoms with E-state index >= 15 is 0 Å². The summed E-state index contributed by atoms with van der Waals surface area (Å²) in [6.45, 7) is 3.77. The van der Waals surface area contributed by atoms with Crippen LogP contribution in [0.5, 0.6) is 0 Å². The van der Waals surface area contributed by atoms with Gasteiger partial charge < -0.3 is 5.73 Å². The number of hydrogen-bond donors (Lipinski definition) is 2. The predicted octanol–water partition coefficient (Wildman–Crippen LogP) is 5.14. The van der Waals surface area contributed by atoms with Gasteiger partial charge in [-0.25, -0.2) is 9.67 Å². The van der Waals surface area contributed by atoms with Gasteiger partial charge in [0.1, 0.15) is 5.82 Å². The van der Waals surface area contributed by atoms with E-state index in [1.807, 2.05) is 18.2 Å². The first kappa shape index (κ1) is 24.3. The molecule has 1 fully saturated rings. The molecule has 3 N–H and O–H groups in total. The highest BCUT2D eigenvalue weighted by Crippen LogP contribution is 2.35. The number of nitrogens with two attached hydrogens (primary N) is 1. The molecule has 1 aliphatic carbocycles. The lowest BCUT2D eigenvalue weighted by Gasteiger charge is -2.27. The smallest absolute Gasteiger partial charge is 0.205 e. The minimum absolute atomic E-state index is 0.473. The zero-order chi connectivity index (χ0) is 24.7. The van der Waals surface area contributed by atoms with Gasteiger partial charge in [0.05, 0.1) is 6.54 Å². The van der Waals surface area contributed by atoms with Gasteiger partial charge in [0, 0.05) is 17.9 Å². The molecule has 0 radical (unpaired) electrons. The second-order valence-electron chi connectivity index (χ2n) is 9.93. The Balaban J connectivity index is 1.36. The van der Waals surface area contributed by atoms with Gasteiger partial charge in [-0.1, -0.05) is 68.3 Å². The maximum Gasteiger partial charge on any atom is 0.205 e. The molecule has 0 amide bonds. The summed E-state index contributed by atoms with van der Waals surface area (Å²) in [5, 5.41) is 19.6. The normalized spacial score (nSPS) is 17.9.